The Kier molecular flexibility index (Phi) is 7.25. The van der Waals surface area contributed by atoms with Crippen LogP contribution in [0, 0.1) is 24.1 Å². The number of rotatable bonds is 7. The quantitative estimate of drug-likeness (QED) is 0.704. The molecule has 164 valence electrons. The molecule has 0 aromatic heterocycles. The van der Waals surface area contributed by atoms with Crippen molar-refractivity contribution in [1.82, 2.24) is 4.90 Å². The Morgan fingerprint density at radius 1 is 1.23 bits per heavy atom. The first kappa shape index (κ1) is 22.7. The van der Waals surface area contributed by atoms with E-state index >= 15 is 0 Å². The molecule has 1 heterocycles. The van der Waals surface area contributed by atoms with Gasteiger partial charge in [0, 0.05) is 37.1 Å². The molecule has 0 spiro atoms. The van der Waals surface area contributed by atoms with Gasteiger partial charge in [0.15, 0.2) is 0 Å². The van der Waals surface area contributed by atoms with Gasteiger partial charge in [-0.25, -0.2) is 12.8 Å². The highest BCUT2D eigenvalue weighted by atomic mass is 32.2. The van der Waals surface area contributed by atoms with E-state index in [-0.39, 0.29) is 34.5 Å². The summed E-state index contributed by atoms with van der Waals surface area (Å²) in [6, 6.07) is 11.8. The number of anilines is 1. The van der Waals surface area contributed by atoms with Crippen LogP contribution in [0.5, 0.6) is 0 Å². The number of amides is 1. The van der Waals surface area contributed by atoms with Crippen molar-refractivity contribution >= 4 is 21.6 Å². The van der Waals surface area contributed by atoms with Gasteiger partial charge in [-0.15, -0.1) is 0 Å². The maximum absolute atomic E-state index is 13.4. The second-order valence-electron chi connectivity index (χ2n) is 7.34. The minimum absolute atomic E-state index is 0.00879. The zero-order valence-electron chi connectivity index (χ0n) is 17.2. The molecule has 0 saturated carbocycles. The van der Waals surface area contributed by atoms with Gasteiger partial charge in [0.2, 0.25) is 0 Å². The van der Waals surface area contributed by atoms with Crippen LogP contribution < -0.4 is 4.72 Å². The maximum atomic E-state index is 13.4. The molecule has 1 fully saturated rings. The third kappa shape index (κ3) is 5.60. The highest BCUT2D eigenvalue weighted by molar-refractivity contribution is 7.92. The van der Waals surface area contributed by atoms with Crippen LogP contribution in [0.15, 0.2) is 47.4 Å². The second kappa shape index (κ2) is 9.90. The number of aryl methyl sites for hydroxylation is 1. The van der Waals surface area contributed by atoms with Crippen LogP contribution >= 0.6 is 0 Å². The number of benzene rings is 2. The number of sulfonamides is 1. The van der Waals surface area contributed by atoms with Gasteiger partial charge < -0.3 is 9.64 Å². The number of halogens is 1. The van der Waals surface area contributed by atoms with Crippen molar-refractivity contribution in [2.75, 3.05) is 24.5 Å². The molecule has 0 unspecified atom stereocenters. The Hall–Kier alpha value is -2.96. The lowest BCUT2D eigenvalue weighted by molar-refractivity contribution is 0.0296. The monoisotopic (exact) mass is 445 g/mol. The second-order valence-corrected chi connectivity index (χ2v) is 9.03. The van der Waals surface area contributed by atoms with E-state index in [1.165, 1.54) is 31.2 Å². The number of hydrogen-bond donors (Lipinski definition) is 1. The van der Waals surface area contributed by atoms with Gasteiger partial charge in [-0.1, -0.05) is 0 Å². The van der Waals surface area contributed by atoms with Crippen molar-refractivity contribution in [1.29, 1.82) is 5.26 Å². The van der Waals surface area contributed by atoms with Crippen LogP contribution in [0.25, 0.3) is 0 Å². The molecule has 0 atom stereocenters. The van der Waals surface area contributed by atoms with E-state index < -0.39 is 15.8 Å². The van der Waals surface area contributed by atoms with Crippen molar-refractivity contribution in [2.24, 2.45) is 0 Å². The molecule has 3 rings (SSSR count). The normalized spacial score (nSPS) is 14.6. The summed E-state index contributed by atoms with van der Waals surface area (Å²) in [6.07, 6.45) is 1.66. The average Bonchev–Trinajstić information content (AvgIpc) is 2.76. The molecule has 1 N–H and O–H groups in total. The van der Waals surface area contributed by atoms with Crippen LogP contribution in [-0.2, 0) is 14.8 Å². The van der Waals surface area contributed by atoms with Crippen molar-refractivity contribution in [3.05, 3.63) is 59.4 Å². The standard InChI is InChI=1S/C22H24FN3O4S/c1-16-15-20(7-8-21(16)23)31(28,29)25-18-5-3-17(4-6-18)22(27)26(12-2-11-24)19-9-13-30-14-10-19/h3-8,15,19,25H,2,9-10,12-14H2,1H3. The predicted molar refractivity (Wildman–Crippen MR) is 113 cm³/mol. The summed E-state index contributed by atoms with van der Waals surface area (Å²) in [5.41, 5.74) is 0.924. The molecule has 7 nitrogen and oxygen atoms in total. The van der Waals surface area contributed by atoms with E-state index in [1.807, 2.05) is 0 Å². The summed E-state index contributed by atoms with van der Waals surface area (Å²) in [5.74, 6) is -0.682. The number of nitrogens with zero attached hydrogens (tertiary/aromatic N) is 2. The summed E-state index contributed by atoms with van der Waals surface area (Å²) in [6.45, 7) is 2.97. The Morgan fingerprint density at radius 2 is 1.90 bits per heavy atom. The molecule has 0 aliphatic carbocycles. The summed E-state index contributed by atoms with van der Waals surface area (Å²) in [4.78, 5) is 14.7. The summed E-state index contributed by atoms with van der Waals surface area (Å²) in [7, 11) is -3.89. The highest BCUT2D eigenvalue weighted by Gasteiger charge is 2.26. The molecular formula is C22H24FN3O4S. The molecule has 31 heavy (non-hydrogen) atoms. The van der Waals surface area contributed by atoms with Crippen LogP contribution in [-0.4, -0.2) is 45.0 Å². The predicted octanol–water partition coefficient (Wildman–Crippen LogP) is 3.47. The van der Waals surface area contributed by atoms with E-state index in [4.69, 9.17) is 10.00 Å². The largest absolute Gasteiger partial charge is 0.381 e. The lowest BCUT2D eigenvalue weighted by Crippen LogP contribution is -2.43. The third-order valence-electron chi connectivity index (χ3n) is 5.18. The fourth-order valence-corrected chi connectivity index (χ4v) is 4.61. The molecular weight excluding hydrogens is 421 g/mol. The smallest absolute Gasteiger partial charge is 0.261 e. The fraction of sp³-hybridized carbons (Fsp3) is 0.364. The van der Waals surface area contributed by atoms with E-state index in [2.05, 4.69) is 10.8 Å². The van der Waals surface area contributed by atoms with Crippen molar-refractivity contribution in [3.63, 3.8) is 0 Å². The van der Waals surface area contributed by atoms with Gasteiger partial charge in [0.25, 0.3) is 15.9 Å². The van der Waals surface area contributed by atoms with Crippen molar-refractivity contribution in [2.45, 2.75) is 37.1 Å². The Balaban J connectivity index is 1.75. The van der Waals surface area contributed by atoms with E-state index in [0.717, 1.165) is 6.07 Å². The molecule has 9 heteroatoms. The van der Waals surface area contributed by atoms with Crippen molar-refractivity contribution in [3.8, 4) is 6.07 Å². The minimum atomic E-state index is -3.89. The van der Waals surface area contributed by atoms with Crippen LogP contribution in [0.2, 0.25) is 0 Å². The van der Waals surface area contributed by atoms with Crippen LogP contribution in [0.1, 0.15) is 35.2 Å². The molecule has 0 bridgehead atoms. The van der Waals surface area contributed by atoms with Gasteiger partial charge in [0.05, 0.1) is 17.4 Å². The van der Waals surface area contributed by atoms with E-state index in [0.29, 0.717) is 38.2 Å². The van der Waals surface area contributed by atoms with Crippen LogP contribution in [0.4, 0.5) is 10.1 Å². The first-order valence-corrected chi connectivity index (χ1v) is 11.4. The van der Waals surface area contributed by atoms with E-state index in [1.54, 1.807) is 17.0 Å². The molecule has 2 aromatic carbocycles. The van der Waals surface area contributed by atoms with Gasteiger partial charge in [-0.2, -0.15) is 5.26 Å². The molecule has 1 amide bonds. The van der Waals surface area contributed by atoms with Crippen LogP contribution in [0.3, 0.4) is 0 Å². The molecule has 1 aliphatic heterocycles. The SMILES string of the molecule is Cc1cc(S(=O)(=O)Nc2ccc(C(=O)N(CCC#N)C3CCOCC3)cc2)ccc1F. The molecule has 1 saturated heterocycles. The van der Waals surface area contributed by atoms with Crippen molar-refractivity contribution < 1.29 is 22.3 Å². The van der Waals surface area contributed by atoms with Gasteiger partial charge in [0.1, 0.15) is 5.82 Å². The number of nitriles is 1. The number of ether oxygens (including phenoxy) is 1. The maximum Gasteiger partial charge on any atom is 0.261 e. The molecule has 2 aromatic rings. The lowest BCUT2D eigenvalue weighted by Gasteiger charge is -2.34. The first-order valence-electron chi connectivity index (χ1n) is 9.96. The number of nitrogens with one attached hydrogen (secondary N) is 1. The molecule has 0 radical (unpaired) electrons. The Bertz CT molecular complexity index is 1070. The summed E-state index contributed by atoms with van der Waals surface area (Å²) >= 11 is 0. The average molecular weight is 446 g/mol. The highest BCUT2D eigenvalue weighted by Crippen LogP contribution is 2.21. The number of carbonyl (C=O) groups excluding carboxylic acids is 1. The Morgan fingerprint density at radius 3 is 2.52 bits per heavy atom. The number of carbonyl (C=O) groups is 1. The first-order chi connectivity index (χ1) is 14.8. The van der Waals surface area contributed by atoms with E-state index in [9.17, 15) is 17.6 Å². The Labute approximate surface area is 181 Å². The minimum Gasteiger partial charge on any atom is -0.381 e. The summed E-state index contributed by atoms with van der Waals surface area (Å²) in [5, 5.41) is 8.94. The number of hydrogen-bond acceptors (Lipinski definition) is 5. The molecule has 1 aliphatic rings. The van der Waals surface area contributed by atoms with Gasteiger partial charge in [-0.3, -0.25) is 9.52 Å². The zero-order chi connectivity index (χ0) is 22.4. The van der Waals surface area contributed by atoms with Gasteiger partial charge in [-0.05, 0) is 67.8 Å². The fourth-order valence-electron chi connectivity index (χ4n) is 3.46. The summed E-state index contributed by atoms with van der Waals surface area (Å²) < 4.78 is 46.4. The topological polar surface area (TPSA) is 99.5 Å². The van der Waals surface area contributed by atoms with Gasteiger partial charge >= 0.3 is 0 Å². The zero-order valence-corrected chi connectivity index (χ0v) is 18.0. The lowest BCUT2D eigenvalue weighted by atomic mass is 10.0. The third-order valence-corrected chi connectivity index (χ3v) is 6.56.